The minimum Gasteiger partial charge on any atom is -0.444 e. The van der Waals surface area contributed by atoms with Crippen LogP contribution in [0.5, 0.6) is 0 Å². The first kappa shape index (κ1) is 22.9. The van der Waals surface area contributed by atoms with Crippen molar-refractivity contribution in [2.75, 3.05) is 0 Å². The number of alkyl halides is 1. The van der Waals surface area contributed by atoms with Crippen LogP contribution in [0.25, 0.3) is 5.69 Å². The second-order valence-electron chi connectivity index (χ2n) is 10.4. The van der Waals surface area contributed by atoms with Gasteiger partial charge in [0.05, 0.1) is 23.7 Å². The molecule has 1 amide bonds. The van der Waals surface area contributed by atoms with Crippen molar-refractivity contribution in [2.24, 2.45) is 0 Å². The van der Waals surface area contributed by atoms with Gasteiger partial charge in [0.1, 0.15) is 11.9 Å². The van der Waals surface area contributed by atoms with Crippen LogP contribution in [0.3, 0.4) is 0 Å². The Kier molecular flexibility index (Phi) is 5.88. The van der Waals surface area contributed by atoms with Gasteiger partial charge in [-0.3, -0.25) is 9.47 Å². The fourth-order valence-electron chi connectivity index (χ4n) is 5.10. The number of amides is 1. The van der Waals surface area contributed by atoms with Crippen molar-refractivity contribution in [1.29, 1.82) is 0 Å². The van der Waals surface area contributed by atoms with Gasteiger partial charge in [-0.1, -0.05) is 42.5 Å². The SMILES string of the molecule is CC(C)(C)OC(=O)N1Cc2cc(C3(Cl)CCC(c4ccccc4)CC3)ccc2-n2cnnc2C1. The molecule has 5 rings (SSSR count). The van der Waals surface area contributed by atoms with Crippen LogP contribution in [0, 0.1) is 0 Å². The van der Waals surface area contributed by atoms with Gasteiger partial charge < -0.3 is 4.74 Å². The lowest BCUT2D eigenvalue weighted by Gasteiger charge is -2.36. The zero-order valence-electron chi connectivity index (χ0n) is 20.0. The monoisotopic (exact) mass is 478 g/mol. The number of halogens is 1. The first-order valence-electron chi connectivity index (χ1n) is 12.0. The Morgan fingerprint density at radius 1 is 1.09 bits per heavy atom. The minimum absolute atomic E-state index is 0.337. The van der Waals surface area contributed by atoms with Crippen molar-refractivity contribution in [3.63, 3.8) is 0 Å². The van der Waals surface area contributed by atoms with Crippen LogP contribution in [-0.2, 0) is 22.7 Å². The highest BCUT2D eigenvalue weighted by atomic mass is 35.5. The first-order chi connectivity index (χ1) is 16.2. The van der Waals surface area contributed by atoms with E-state index >= 15 is 0 Å². The summed E-state index contributed by atoms with van der Waals surface area (Å²) in [6.45, 7) is 6.39. The molecule has 2 aromatic carbocycles. The van der Waals surface area contributed by atoms with E-state index in [2.05, 4.69) is 58.7 Å². The van der Waals surface area contributed by atoms with E-state index in [-0.39, 0.29) is 6.09 Å². The molecule has 1 aromatic heterocycles. The average Bonchev–Trinajstić information content (AvgIpc) is 3.20. The maximum Gasteiger partial charge on any atom is 0.411 e. The van der Waals surface area contributed by atoms with E-state index in [0.29, 0.717) is 24.8 Å². The maximum atomic E-state index is 12.9. The van der Waals surface area contributed by atoms with Crippen molar-refractivity contribution in [3.8, 4) is 5.69 Å². The Balaban J connectivity index is 1.42. The predicted octanol–water partition coefficient (Wildman–Crippen LogP) is 6.31. The van der Waals surface area contributed by atoms with Crippen LogP contribution in [0.1, 0.15) is 74.9 Å². The van der Waals surface area contributed by atoms with Gasteiger partial charge in [-0.15, -0.1) is 21.8 Å². The van der Waals surface area contributed by atoms with E-state index in [1.54, 1.807) is 11.2 Å². The highest BCUT2D eigenvalue weighted by Gasteiger charge is 2.36. The highest BCUT2D eigenvalue weighted by molar-refractivity contribution is 6.24. The topological polar surface area (TPSA) is 60.2 Å². The normalized spacial score (nSPS) is 22.5. The van der Waals surface area contributed by atoms with Crippen molar-refractivity contribution in [3.05, 3.63) is 77.4 Å². The Labute approximate surface area is 205 Å². The first-order valence-corrected chi connectivity index (χ1v) is 12.3. The number of fused-ring (bicyclic) bond motifs is 3. The molecule has 0 spiro atoms. The molecule has 34 heavy (non-hydrogen) atoms. The quantitative estimate of drug-likeness (QED) is 0.405. The molecule has 2 aliphatic rings. The summed E-state index contributed by atoms with van der Waals surface area (Å²) in [5.41, 5.74) is 3.94. The summed E-state index contributed by atoms with van der Waals surface area (Å²) >= 11 is 7.26. The third kappa shape index (κ3) is 4.56. The van der Waals surface area contributed by atoms with Crippen LogP contribution in [0.4, 0.5) is 4.79 Å². The second-order valence-corrected chi connectivity index (χ2v) is 11.2. The summed E-state index contributed by atoms with van der Waals surface area (Å²) in [5.74, 6) is 1.26. The molecule has 1 fully saturated rings. The van der Waals surface area contributed by atoms with Gasteiger partial charge in [0, 0.05) is 0 Å². The average molecular weight is 479 g/mol. The molecule has 1 saturated carbocycles. The van der Waals surface area contributed by atoms with Gasteiger partial charge >= 0.3 is 6.09 Å². The highest BCUT2D eigenvalue weighted by Crippen LogP contribution is 2.48. The van der Waals surface area contributed by atoms with Crippen LogP contribution in [0.2, 0.25) is 0 Å². The number of aromatic nitrogens is 3. The van der Waals surface area contributed by atoms with Crippen molar-refractivity contribution in [1.82, 2.24) is 19.7 Å². The number of rotatable bonds is 2. The summed E-state index contributed by atoms with van der Waals surface area (Å²) in [4.78, 5) is 14.2. The zero-order chi connectivity index (χ0) is 23.9. The number of hydrogen-bond acceptors (Lipinski definition) is 4. The molecule has 0 N–H and O–H groups in total. The molecule has 0 atom stereocenters. The number of nitrogens with zero attached hydrogens (tertiary/aromatic N) is 4. The standard InChI is InChI=1S/C27H31ClN4O2/c1-26(2,3)34-25(33)31-16-21-15-22(9-10-23(21)32-18-29-30-24(32)17-31)27(28)13-11-20(12-14-27)19-7-5-4-6-8-19/h4-10,15,18,20H,11-14,16-17H2,1-3H3. The van der Waals surface area contributed by atoms with Crippen LogP contribution >= 0.6 is 11.6 Å². The Morgan fingerprint density at radius 3 is 2.53 bits per heavy atom. The lowest BCUT2D eigenvalue weighted by atomic mass is 9.75. The summed E-state index contributed by atoms with van der Waals surface area (Å²) in [6.07, 6.45) is 5.30. The van der Waals surface area contributed by atoms with Crippen LogP contribution in [-0.4, -0.2) is 31.4 Å². The van der Waals surface area contributed by atoms with Gasteiger partial charge in [-0.2, -0.15) is 0 Å². The fraction of sp³-hybridized carbons (Fsp3) is 0.444. The third-order valence-electron chi connectivity index (χ3n) is 6.87. The van der Waals surface area contributed by atoms with Crippen molar-refractivity contribution < 1.29 is 9.53 Å². The molecular weight excluding hydrogens is 448 g/mol. The van der Waals surface area contributed by atoms with Gasteiger partial charge in [-0.25, -0.2) is 4.79 Å². The summed E-state index contributed by atoms with van der Waals surface area (Å²) in [5, 5.41) is 8.33. The Hall–Kier alpha value is -2.86. The fourth-order valence-corrected chi connectivity index (χ4v) is 5.44. The van der Waals surface area contributed by atoms with Gasteiger partial charge in [0.15, 0.2) is 5.82 Å². The molecule has 0 unspecified atom stereocenters. The van der Waals surface area contributed by atoms with Crippen molar-refractivity contribution >= 4 is 17.7 Å². The number of carbonyl (C=O) groups is 1. The summed E-state index contributed by atoms with van der Waals surface area (Å²) < 4.78 is 7.62. The second kappa shape index (κ2) is 8.73. The summed E-state index contributed by atoms with van der Waals surface area (Å²) in [7, 11) is 0. The molecule has 3 aromatic rings. The van der Waals surface area contributed by atoms with E-state index in [4.69, 9.17) is 16.3 Å². The molecule has 0 saturated heterocycles. The molecular formula is C27H31ClN4O2. The van der Waals surface area contributed by atoms with E-state index in [0.717, 1.165) is 42.5 Å². The number of ether oxygens (including phenoxy) is 1. The van der Waals surface area contributed by atoms with E-state index in [1.807, 2.05) is 25.3 Å². The number of hydrogen-bond donors (Lipinski definition) is 0. The summed E-state index contributed by atoms with van der Waals surface area (Å²) in [6, 6.07) is 17.1. The molecule has 7 heteroatoms. The Morgan fingerprint density at radius 2 is 1.82 bits per heavy atom. The molecule has 0 radical (unpaired) electrons. The van der Waals surface area contributed by atoms with Crippen molar-refractivity contribution in [2.45, 2.75) is 75.9 Å². The van der Waals surface area contributed by atoms with E-state index in [9.17, 15) is 4.79 Å². The number of carbonyl (C=O) groups excluding carboxylic acids is 1. The van der Waals surface area contributed by atoms with Gasteiger partial charge in [0.25, 0.3) is 0 Å². The maximum absolute atomic E-state index is 12.9. The Bertz CT molecular complexity index is 1180. The van der Waals surface area contributed by atoms with Gasteiger partial charge in [-0.05, 0) is 75.1 Å². The van der Waals surface area contributed by atoms with Crippen LogP contribution < -0.4 is 0 Å². The molecule has 178 valence electrons. The molecule has 1 aliphatic heterocycles. The molecule has 1 aliphatic carbocycles. The molecule has 2 heterocycles. The molecule has 6 nitrogen and oxygen atoms in total. The predicted molar refractivity (Wildman–Crippen MR) is 132 cm³/mol. The molecule has 0 bridgehead atoms. The van der Waals surface area contributed by atoms with Gasteiger partial charge in [0.2, 0.25) is 0 Å². The van der Waals surface area contributed by atoms with Crippen LogP contribution in [0.15, 0.2) is 54.9 Å². The lowest BCUT2D eigenvalue weighted by molar-refractivity contribution is 0.0214. The zero-order valence-corrected chi connectivity index (χ0v) is 20.8. The third-order valence-corrected chi connectivity index (χ3v) is 7.47. The number of benzene rings is 2. The van der Waals surface area contributed by atoms with E-state index < -0.39 is 10.5 Å². The minimum atomic E-state index is -0.570. The smallest absolute Gasteiger partial charge is 0.411 e. The largest absolute Gasteiger partial charge is 0.444 e. The lowest BCUT2D eigenvalue weighted by Crippen LogP contribution is -2.36. The van der Waals surface area contributed by atoms with E-state index in [1.165, 1.54) is 5.56 Å².